The van der Waals surface area contributed by atoms with E-state index in [1.165, 1.54) is 57.9 Å². The number of alkyl halides is 2. The molecule has 0 spiro atoms. The van der Waals surface area contributed by atoms with Crippen LogP contribution in [0.25, 0.3) is 28.2 Å². The lowest BCUT2D eigenvalue weighted by Crippen LogP contribution is -1.97. The highest BCUT2D eigenvalue weighted by Crippen LogP contribution is 2.25. The second-order valence-corrected chi connectivity index (χ2v) is 14.2. The van der Waals surface area contributed by atoms with E-state index in [2.05, 4.69) is 24.9 Å². The Hall–Kier alpha value is -6.28. The average molecular weight is 1070 g/mol. The van der Waals surface area contributed by atoms with Gasteiger partial charge in [0.15, 0.2) is 69.9 Å². The lowest BCUT2D eigenvalue weighted by Gasteiger charge is -2.03. The largest absolute Gasteiger partial charge is 0.392 e. The van der Waals surface area contributed by atoms with Gasteiger partial charge < -0.3 is 18.3 Å². The summed E-state index contributed by atoms with van der Waals surface area (Å²) in [7, 11) is 0. The van der Waals surface area contributed by atoms with Crippen molar-refractivity contribution in [3.8, 4) is 0 Å². The maximum atomic E-state index is 13.4. The Morgan fingerprint density at radius 1 is 0.557 bits per heavy atom. The number of carbonyl (C=O) groups excluding carboxylic acids is 2. The maximum Gasteiger partial charge on any atom is 0.266 e. The number of carbonyl (C=O) groups is 2. The van der Waals surface area contributed by atoms with Gasteiger partial charge in [-0.1, -0.05) is 0 Å². The molecule has 0 aliphatic carbocycles. The van der Waals surface area contributed by atoms with Crippen LogP contribution in [-0.4, -0.2) is 64.6 Å². The van der Waals surface area contributed by atoms with Gasteiger partial charge in [-0.25, -0.2) is 55.7 Å². The van der Waals surface area contributed by atoms with Crippen molar-refractivity contribution in [2.45, 2.75) is 13.0 Å². The summed E-state index contributed by atoms with van der Waals surface area (Å²) in [5.74, 6) is -2.83. The van der Waals surface area contributed by atoms with Gasteiger partial charge >= 0.3 is 0 Å². The Morgan fingerprint density at radius 2 is 1.03 bits per heavy atom. The van der Waals surface area contributed by atoms with E-state index in [0.717, 1.165) is 9.77 Å². The van der Waals surface area contributed by atoms with E-state index in [1.807, 2.05) is 45.2 Å². The van der Waals surface area contributed by atoms with E-state index in [1.54, 1.807) is 75.0 Å². The summed E-state index contributed by atoms with van der Waals surface area (Å²) >= 11 is 3.98. The van der Waals surface area contributed by atoms with Gasteiger partial charge in [-0.15, -0.1) is 0 Å². The van der Waals surface area contributed by atoms with Crippen LogP contribution in [0.2, 0.25) is 0 Å². The number of hydrogen-bond donors (Lipinski definition) is 1. The van der Waals surface area contributed by atoms with Crippen LogP contribution in [0.4, 0.5) is 30.7 Å². The van der Waals surface area contributed by atoms with E-state index in [4.69, 9.17) is 5.11 Å². The molecule has 0 bridgehead atoms. The molecule has 0 fully saturated rings. The number of hydrogen-bond acceptors (Lipinski definition) is 8. The molecule has 10 aromatic heterocycles. The molecule has 312 valence electrons. The van der Waals surface area contributed by atoms with Crippen LogP contribution in [0.3, 0.4) is 0 Å². The molecule has 10 aromatic rings. The minimum Gasteiger partial charge on any atom is -0.392 e. The van der Waals surface area contributed by atoms with Crippen molar-refractivity contribution < 1.29 is 45.4 Å². The predicted octanol–water partition coefficient (Wildman–Crippen LogP) is 8.63. The zero-order chi connectivity index (χ0) is 43.8. The number of imidazole rings is 5. The van der Waals surface area contributed by atoms with Crippen LogP contribution < -0.4 is 0 Å². The van der Waals surface area contributed by atoms with Crippen LogP contribution in [0.15, 0.2) is 117 Å². The topological polar surface area (TPSA) is 141 Å². The van der Waals surface area contributed by atoms with Crippen LogP contribution in [-0.2, 0) is 6.61 Å². The standard InChI is InChI=1S/C8H4F3IN2.C8H4FIN2O.C8H7FN2O.C8H5FN2O.C7H5FN2/c9-6-4(7(10)11)1-2-14-5(12)3-13-8(6)14;9-7-5(4-13)1-2-12-6(10)3-11-8(7)12;2*9-7-6(5-12)1-3-11-4-2-10-8(7)11;8-6-2-1-4-10-5-3-9-7(6)10/h1-3,7H;1-4H;1-4,12H,5H2;1-5H;1-5H. The summed E-state index contributed by atoms with van der Waals surface area (Å²) < 4.78 is 99.7. The van der Waals surface area contributed by atoms with Crippen molar-refractivity contribution in [1.29, 1.82) is 0 Å². The predicted molar refractivity (Wildman–Crippen MR) is 223 cm³/mol. The van der Waals surface area contributed by atoms with Crippen molar-refractivity contribution in [3.05, 3.63) is 176 Å². The van der Waals surface area contributed by atoms with Crippen molar-refractivity contribution >= 4 is 86.0 Å². The molecular formula is C39H25F7I2N10O3. The molecule has 13 nitrogen and oxygen atoms in total. The molecule has 0 saturated heterocycles. The Balaban J connectivity index is 0.000000128. The normalized spacial score (nSPS) is 10.8. The van der Waals surface area contributed by atoms with Gasteiger partial charge in [-0.05, 0) is 81.6 Å². The summed E-state index contributed by atoms with van der Waals surface area (Å²) in [6.07, 6.45) is 18.7. The van der Waals surface area contributed by atoms with Gasteiger partial charge in [-0.3, -0.25) is 18.4 Å². The molecule has 0 radical (unpaired) electrons. The van der Waals surface area contributed by atoms with Crippen LogP contribution in [0.5, 0.6) is 0 Å². The van der Waals surface area contributed by atoms with E-state index in [9.17, 15) is 40.3 Å². The highest BCUT2D eigenvalue weighted by molar-refractivity contribution is 14.1. The smallest absolute Gasteiger partial charge is 0.266 e. The molecule has 0 saturated carbocycles. The van der Waals surface area contributed by atoms with E-state index in [-0.39, 0.29) is 51.7 Å². The van der Waals surface area contributed by atoms with Gasteiger partial charge in [-0.2, -0.15) is 0 Å². The number of aldehydes is 2. The lowest BCUT2D eigenvalue weighted by atomic mass is 10.2. The fourth-order valence-corrected chi connectivity index (χ4v) is 6.40. The minimum absolute atomic E-state index is 0.0358. The molecule has 0 unspecified atom stereocenters. The fraction of sp³-hybridized carbons (Fsp3) is 0.0513. The Kier molecular flexibility index (Phi) is 14.4. The number of nitrogens with zero attached hydrogens (tertiary/aromatic N) is 10. The molecule has 61 heavy (non-hydrogen) atoms. The molecule has 10 rings (SSSR count). The number of rotatable bonds is 4. The Labute approximate surface area is 365 Å². The molecule has 10 heterocycles. The lowest BCUT2D eigenvalue weighted by molar-refractivity contribution is 0.111. The van der Waals surface area contributed by atoms with Gasteiger partial charge in [0.1, 0.15) is 7.40 Å². The third kappa shape index (κ3) is 9.70. The molecule has 0 aliphatic rings. The van der Waals surface area contributed by atoms with Crippen molar-refractivity contribution in [3.63, 3.8) is 0 Å². The molecule has 0 aliphatic heterocycles. The number of halogens is 9. The monoisotopic (exact) mass is 1070 g/mol. The second kappa shape index (κ2) is 19.9. The van der Waals surface area contributed by atoms with Crippen LogP contribution in [0, 0.1) is 36.5 Å². The fourth-order valence-electron chi connectivity index (χ4n) is 5.34. The number of aliphatic hydroxyl groups is 1. The highest BCUT2D eigenvalue weighted by Gasteiger charge is 2.18. The number of aliphatic hydroxyl groups excluding tert-OH is 1. The second-order valence-electron chi connectivity index (χ2n) is 12.0. The number of aromatic nitrogens is 10. The summed E-state index contributed by atoms with van der Waals surface area (Å²) in [6.45, 7) is -0.296. The van der Waals surface area contributed by atoms with E-state index >= 15 is 0 Å². The van der Waals surface area contributed by atoms with Crippen LogP contribution in [0.1, 0.15) is 38.3 Å². The van der Waals surface area contributed by atoms with Crippen molar-refractivity contribution in [1.82, 2.24) is 46.9 Å². The zero-order valence-electron chi connectivity index (χ0n) is 30.5. The quantitative estimate of drug-likeness (QED) is 0.105. The third-order valence-corrected chi connectivity index (χ3v) is 9.95. The summed E-state index contributed by atoms with van der Waals surface area (Å²) in [5, 5.41) is 8.74. The average Bonchev–Trinajstić information content (AvgIpc) is 4.12. The summed E-state index contributed by atoms with van der Waals surface area (Å²) in [4.78, 5) is 39.6. The maximum absolute atomic E-state index is 13.4. The first-order chi connectivity index (χ1) is 29.4. The molecule has 0 atom stereocenters. The first-order valence-electron chi connectivity index (χ1n) is 17.1. The SMILES string of the molecule is Fc1c(C(F)F)ccn2c(I)cnc12.Fc1cccn2ccnc12.O=Cc1ccn2c(I)cnc2c1F.O=Cc1ccn2ccnc2c1F.OCc1ccn2ccnc2c1F. The molecule has 1 N–H and O–H groups in total. The number of fused-ring (bicyclic) bond motifs is 5. The van der Waals surface area contributed by atoms with Crippen molar-refractivity contribution in [2.75, 3.05) is 0 Å². The first kappa shape index (κ1) is 44.3. The highest BCUT2D eigenvalue weighted by atomic mass is 127. The number of pyridine rings is 5. The van der Waals surface area contributed by atoms with Crippen molar-refractivity contribution in [2.24, 2.45) is 0 Å². The molecule has 22 heteroatoms. The third-order valence-electron chi connectivity index (χ3n) is 8.36. The van der Waals surface area contributed by atoms with E-state index < -0.39 is 35.3 Å². The van der Waals surface area contributed by atoms with E-state index in [0.29, 0.717) is 21.9 Å². The summed E-state index contributed by atoms with van der Waals surface area (Å²) in [6, 6.07) is 8.48. The molecular weight excluding hydrogens is 1040 g/mol. The van der Waals surface area contributed by atoms with Gasteiger partial charge in [0.2, 0.25) is 0 Å². The van der Waals surface area contributed by atoms with Crippen LogP contribution >= 0.6 is 45.2 Å². The minimum atomic E-state index is -2.81. The Bertz CT molecular complexity index is 3130. The molecule has 0 amide bonds. The Morgan fingerprint density at radius 3 is 1.57 bits per heavy atom. The van der Waals surface area contributed by atoms with Gasteiger partial charge in [0, 0.05) is 73.7 Å². The first-order valence-corrected chi connectivity index (χ1v) is 19.2. The zero-order valence-corrected chi connectivity index (χ0v) is 34.9. The van der Waals surface area contributed by atoms with Gasteiger partial charge in [0.05, 0.1) is 35.7 Å². The van der Waals surface area contributed by atoms with Gasteiger partial charge in [0.25, 0.3) is 6.43 Å². The molecule has 0 aromatic carbocycles. The summed E-state index contributed by atoms with van der Waals surface area (Å²) in [5.41, 5.74) is 0.668.